The highest BCUT2D eigenvalue weighted by atomic mass is 35.5. The maximum Gasteiger partial charge on any atom is 0.243 e. The van der Waals surface area contributed by atoms with Gasteiger partial charge in [-0.05, 0) is 29.1 Å². The Balaban J connectivity index is 2.32. The Morgan fingerprint density at radius 3 is 2.88 bits per heavy atom. The van der Waals surface area contributed by atoms with Gasteiger partial charge in [-0.1, -0.05) is 20.8 Å². The van der Waals surface area contributed by atoms with E-state index in [1.54, 1.807) is 4.52 Å². The molecule has 0 aliphatic rings. The maximum atomic E-state index is 5.85. The Labute approximate surface area is 99.6 Å². The largest absolute Gasteiger partial charge is 0.368 e. The molecule has 0 aromatic carbocycles. The van der Waals surface area contributed by atoms with Crippen LogP contribution < -0.4 is 5.32 Å². The molecule has 5 heteroatoms. The molecule has 4 nitrogen and oxygen atoms in total. The molecule has 0 atom stereocenters. The molecule has 0 unspecified atom stereocenters. The Bertz CT molecular complexity index is 498. The van der Waals surface area contributed by atoms with E-state index in [9.17, 15) is 0 Å². The van der Waals surface area contributed by atoms with Gasteiger partial charge in [0.2, 0.25) is 5.28 Å². The minimum Gasteiger partial charge on any atom is -0.368 e. The fourth-order valence-electron chi connectivity index (χ4n) is 1.39. The summed E-state index contributed by atoms with van der Waals surface area (Å²) in [5, 5.41) is 7.62. The molecule has 2 aromatic heterocycles. The molecule has 0 fully saturated rings. The van der Waals surface area contributed by atoms with Crippen molar-refractivity contribution >= 4 is 22.9 Å². The van der Waals surface area contributed by atoms with E-state index in [-0.39, 0.29) is 10.7 Å². The van der Waals surface area contributed by atoms with E-state index in [0.29, 0.717) is 0 Å². The van der Waals surface area contributed by atoms with Gasteiger partial charge in [0, 0.05) is 12.7 Å². The first kappa shape index (κ1) is 11.2. The lowest BCUT2D eigenvalue weighted by atomic mass is 9.97. The third-order valence-electron chi connectivity index (χ3n) is 2.15. The Morgan fingerprint density at radius 2 is 2.19 bits per heavy atom. The highest BCUT2D eigenvalue weighted by Gasteiger charge is 2.12. The number of rotatable bonds is 2. The van der Waals surface area contributed by atoms with Crippen LogP contribution in [0.15, 0.2) is 18.3 Å². The zero-order chi connectivity index (χ0) is 11.8. The quantitative estimate of drug-likeness (QED) is 0.875. The van der Waals surface area contributed by atoms with Crippen molar-refractivity contribution in [2.24, 2.45) is 5.41 Å². The van der Waals surface area contributed by atoms with Gasteiger partial charge in [0.1, 0.15) is 5.52 Å². The summed E-state index contributed by atoms with van der Waals surface area (Å²) in [6, 6.07) is 3.88. The molecule has 0 saturated carbocycles. The van der Waals surface area contributed by atoms with E-state index < -0.39 is 0 Å². The van der Waals surface area contributed by atoms with Crippen molar-refractivity contribution in [2.75, 3.05) is 11.9 Å². The molecule has 0 amide bonds. The molecule has 0 aliphatic heterocycles. The summed E-state index contributed by atoms with van der Waals surface area (Å²) in [5.41, 5.74) is 1.13. The lowest BCUT2D eigenvalue weighted by Gasteiger charge is -2.19. The first-order chi connectivity index (χ1) is 7.46. The molecule has 0 bridgehead atoms. The van der Waals surface area contributed by atoms with Crippen LogP contribution in [0.25, 0.3) is 5.52 Å². The first-order valence-electron chi connectivity index (χ1n) is 5.20. The maximum absolute atomic E-state index is 5.85. The van der Waals surface area contributed by atoms with Crippen LogP contribution in [-0.2, 0) is 0 Å². The molecule has 2 aromatic rings. The number of nitrogens with one attached hydrogen (secondary N) is 1. The smallest absolute Gasteiger partial charge is 0.243 e. The van der Waals surface area contributed by atoms with Crippen molar-refractivity contribution in [3.05, 3.63) is 23.6 Å². The minimum atomic E-state index is 0.195. The van der Waals surface area contributed by atoms with Gasteiger partial charge in [0.05, 0.1) is 0 Å². The summed E-state index contributed by atoms with van der Waals surface area (Å²) in [6.45, 7) is 7.33. The average molecular weight is 239 g/mol. The van der Waals surface area contributed by atoms with E-state index in [4.69, 9.17) is 11.6 Å². The van der Waals surface area contributed by atoms with Gasteiger partial charge >= 0.3 is 0 Å². The van der Waals surface area contributed by atoms with Crippen molar-refractivity contribution in [1.29, 1.82) is 0 Å². The standard InChI is InChI=1S/C11H15ClN4/c1-11(2,3)7-13-9-8-5-4-6-16(8)15-10(12)14-9/h4-6H,7H2,1-3H3,(H,13,14,15). The van der Waals surface area contributed by atoms with E-state index in [2.05, 4.69) is 36.2 Å². The van der Waals surface area contributed by atoms with Crippen molar-refractivity contribution in [3.8, 4) is 0 Å². The molecular formula is C11H15ClN4. The number of hydrogen-bond donors (Lipinski definition) is 1. The van der Waals surface area contributed by atoms with Gasteiger partial charge in [-0.25, -0.2) is 4.52 Å². The van der Waals surface area contributed by atoms with Crippen LogP contribution in [0.4, 0.5) is 5.82 Å². The molecule has 16 heavy (non-hydrogen) atoms. The normalized spacial score (nSPS) is 12.0. The molecule has 0 aliphatic carbocycles. The van der Waals surface area contributed by atoms with E-state index in [1.807, 2.05) is 18.3 Å². The molecular weight excluding hydrogens is 224 g/mol. The number of hydrogen-bond acceptors (Lipinski definition) is 3. The van der Waals surface area contributed by atoms with Crippen LogP contribution in [0.2, 0.25) is 5.28 Å². The Kier molecular flexibility index (Phi) is 2.76. The number of anilines is 1. The zero-order valence-corrected chi connectivity index (χ0v) is 10.4. The van der Waals surface area contributed by atoms with Gasteiger partial charge < -0.3 is 5.32 Å². The molecule has 0 spiro atoms. The van der Waals surface area contributed by atoms with Crippen molar-refractivity contribution in [2.45, 2.75) is 20.8 Å². The fourth-order valence-corrected chi connectivity index (χ4v) is 1.55. The van der Waals surface area contributed by atoms with Crippen LogP contribution in [0, 0.1) is 5.41 Å². The van der Waals surface area contributed by atoms with Crippen molar-refractivity contribution in [3.63, 3.8) is 0 Å². The zero-order valence-electron chi connectivity index (χ0n) is 9.66. The number of fused-ring (bicyclic) bond motifs is 1. The van der Waals surface area contributed by atoms with Crippen LogP contribution in [0.5, 0.6) is 0 Å². The predicted molar refractivity (Wildman–Crippen MR) is 65.9 cm³/mol. The number of halogens is 1. The molecule has 86 valence electrons. The van der Waals surface area contributed by atoms with Crippen LogP contribution in [0.3, 0.4) is 0 Å². The second kappa shape index (κ2) is 3.94. The average Bonchev–Trinajstić information content (AvgIpc) is 2.60. The molecule has 1 N–H and O–H groups in total. The molecule has 2 rings (SSSR count). The summed E-state index contributed by atoms with van der Waals surface area (Å²) < 4.78 is 1.72. The van der Waals surface area contributed by atoms with Crippen molar-refractivity contribution < 1.29 is 0 Å². The lowest BCUT2D eigenvalue weighted by molar-refractivity contribution is 0.442. The predicted octanol–water partition coefficient (Wildman–Crippen LogP) is 2.84. The third-order valence-corrected chi connectivity index (χ3v) is 2.31. The van der Waals surface area contributed by atoms with Gasteiger partial charge in [0.15, 0.2) is 5.82 Å². The Hall–Kier alpha value is -1.29. The lowest BCUT2D eigenvalue weighted by Crippen LogP contribution is -2.20. The SMILES string of the molecule is CC(C)(C)CNc1nc(Cl)nn2cccc12. The van der Waals surface area contributed by atoms with E-state index >= 15 is 0 Å². The van der Waals surface area contributed by atoms with E-state index in [1.165, 1.54) is 0 Å². The Morgan fingerprint density at radius 1 is 1.44 bits per heavy atom. The van der Waals surface area contributed by atoms with Gasteiger partial charge in [0.25, 0.3) is 0 Å². The fraction of sp³-hybridized carbons (Fsp3) is 0.455. The topological polar surface area (TPSA) is 42.2 Å². The summed E-state index contributed by atoms with van der Waals surface area (Å²) in [6.07, 6.45) is 1.85. The monoisotopic (exact) mass is 238 g/mol. The van der Waals surface area contributed by atoms with E-state index in [0.717, 1.165) is 17.9 Å². The number of aromatic nitrogens is 3. The van der Waals surface area contributed by atoms with Gasteiger partial charge in [-0.2, -0.15) is 4.98 Å². The summed E-state index contributed by atoms with van der Waals surface area (Å²) in [7, 11) is 0. The van der Waals surface area contributed by atoms with Gasteiger partial charge in [-0.3, -0.25) is 0 Å². The molecule has 2 heterocycles. The summed E-state index contributed by atoms with van der Waals surface area (Å²) in [5.74, 6) is 0.778. The highest BCUT2D eigenvalue weighted by molar-refractivity contribution is 6.28. The molecule has 0 saturated heterocycles. The molecule has 0 radical (unpaired) electrons. The van der Waals surface area contributed by atoms with Crippen LogP contribution in [0.1, 0.15) is 20.8 Å². The third kappa shape index (κ3) is 2.44. The summed E-state index contributed by atoms with van der Waals surface area (Å²) in [4.78, 5) is 4.20. The van der Waals surface area contributed by atoms with Crippen LogP contribution in [-0.4, -0.2) is 21.1 Å². The van der Waals surface area contributed by atoms with Crippen molar-refractivity contribution in [1.82, 2.24) is 14.6 Å². The second-order valence-electron chi connectivity index (χ2n) is 4.98. The highest BCUT2D eigenvalue weighted by Crippen LogP contribution is 2.19. The van der Waals surface area contributed by atoms with Gasteiger partial charge in [-0.15, -0.1) is 5.10 Å². The number of nitrogens with zero attached hydrogens (tertiary/aromatic N) is 3. The summed E-state index contributed by atoms with van der Waals surface area (Å²) >= 11 is 5.85. The second-order valence-corrected chi connectivity index (χ2v) is 5.32. The first-order valence-corrected chi connectivity index (χ1v) is 5.58. The van der Waals surface area contributed by atoms with Crippen LogP contribution >= 0.6 is 11.6 Å². The minimum absolute atomic E-state index is 0.195.